The molecule has 2 nitrogen and oxygen atoms in total. The summed E-state index contributed by atoms with van der Waals surface area (Å²) in [7, 11) is 0. The third-order valence-corrected chi connectivity index (χ3v) is 1.84. The molecule has 0 aliphatic rings. The predicted molar refractivity (Wildman–Crippen MR) is 66.3 cm³/mol. The monoisotopic (exact) mass is 258 g/mol. The van der Waals surface area contributed by atoms with E-state index in [4.69, 9.17) is 5.26 Å². The first kappa shape index (κ1) is 16.3. The van der Waals surface area contributed by atoms with Crippen LogP contribution in [-0.4, -0.2) is 6.04 Å². The maximum Gasteiger partial charge on any atom is 0.416 e. The molecule has 0 bridgehead atoms. The van der Waals surface area contributed by atoms with Crippen LogP contribution >= 0.6 is 0 Å². The number of hydrogen-bond donors (Lipinski definition) is 1. The number of anilines is 1. The third-order valence-electron chi connectivity index (χ3n) is 1.84. The lowest BCUT2D eigenvalue weighted by Crippen LogP contribution is -2.12. The Kier molecular flexibility index (Phi) is 6.24. The van der Waals surface area contributed by atoms with Crippen molar-refractivity contribution in [2.24, 2.45) is 0 Å². The van der Waals surface area contributed by atoms with E-state index in [1.165, 1.54) is 6.07 Å². The van der Waals surface area contributed by atoms with Crippen molar-refractivity contribution in [1.29, 1.82) is 5.26 Å². The second-order valence-corrected chi connectivity index (χ2v) is 3.71. The molecule has 0 fully saturated rings. The summed E-state index contributed by atoms with van der Waals surface area (Å²) in [6.07, 6.45) is -4.43. The third kappa shape index (κ3) is 5.09. The van der Waals surface area contributed by atoms with Gasteiger partial charge in [0.15, 0.2) is 0 Å². The van der Waals surface area contributed by atoms with Crippen molar-refractivity contribution in [1.82, 2.24) is 0 Å². The van der Waals surface area contributed by atoms with Gasteiger partial charge in [0.1, 0.15) is 0 Å². The number of nitriles is 1. The van der Waals surface area contributed by atoms with Crippen LogP contribution in [0.25, 0.3) is 0 Å². The van der Waals surface area contributed by atoms with E-state index in [1.807, 2.05) is 27.7 Å². The average Bonchev–Trinajstić information content (AvgIpc) is 2.29. The van der Waals surface area contributed by atoms with Gasteiger partial charge in [-0.2, -0.15) is 18.4 Å². The minimum absolute atomic E-state index is 0.00187. The van der Waals surface area contributed by atoms with E-state index in [2.05, 4.69) is 5.32 Å². The summed E-state index contributed by atoms with van der Waals surface area (Å²) in [6.45, 7) is 7.62. The van der Waals surface area contributed by atoms with Gasteiger partial charge in [-0.05, 0) is 32.0 Å². The summed E-state index contributed by atoms with van der Waals surface area (Å²) in [5.41, 5.74) is -0.506. The minimum atomic E-state index is -4.43. The second kappa shape index (κ2) is 6.90. The van der Waals surface area contributed by atoms with Crippen LogP contribution in [0.5, 0.6) is 0 Å². The molecule has 0 heterocycles. The predicted octanol–water partition coefficient (Wildman–Crippen LogP) is 4.42. The van der Waals surface area contributed by atoms with E-state index in [1.54, 1.807) is 6.07 Å². The van der Waals surface area contributed by atoms with Crippen molar-refractivity contribution in [3.8, 4) is 6.07 Å². The summed E-state index contributed by atoms with van der Waals surface area (Å²) in [6, 6.07) is 4.96. The summed E-state index contributed by atoms with van der Waals surface area (Å²) < 4.78 is 37.5. The largest absolute Gasteiger partial charge is 0.416 e. The van der Waals surface area contributed by atoms with Gasteiger partial charge >= 0.3 is 6.18 Å². The van der Waals surface area contributed by atoms with Gasteiger partial charge in [0.05, 0.1) is 17.2 Å². The van der Waals surface area contributed by atoms with E-state index in [9.17, 15) is 13.2 Å². The average molecular weight is 258 g/mol. The number of nitrogens with one attached hydrogen (secondary N) is 1. The molecule has 0 spiro atoms. The van der Waals surface area contributed by atoms with Crippen LogP contribution in [0.2, 0.25) is 0 Å². The maximum atomic E-state index is 12.5. The highest BCUT2D eigenvalue weighted by molar-refractivity contribution is 5.53. The van der Waals surface area contributed by atoms with Gasteiger partial charge in [0, 0.05) is 11.7 Å². The number of halogens is 3. The molecule has 0 unspecified atom stereocenters. The van der Waals surface area contributed by atoms with Crippen molar-refractivity contribution in [3.05, 3.63) is 29.3 Å². The van der Waals surface area contributed by atoms with Crippen LogP contribution in [0, 0.1) is 11.3 Å². The fourth-order valence-corrected chi connectivity index (χ4v) is 1.27. The van der Waals surface area contributed by atoms with Gasteiger partial charge in [-0.25, -0.2) is 0 Å². The van der Waals surface area contributed by atoms with Gasteiger partial charge in [-0.1, -0.05) is 13.8 Å². The van der Waals surface area contributed by atoms with Crippen molar-refractivity contribution in [2.75, 3.05) is 5.32 Å². The summed E-state index contributed by atoms with van der Waals surface area (Å²) in [5, 5.41) is 11.5. The highest BCUT2D eigenvalue weighted by Gasteiger charge is 2.31. The first-order valence-corrected chi connectivity index (χ1v) is 5.72. The molecule has 0 atom stereocenters. The Morgan fingerprint density at radius 2 is 1.72 bits per heavy atom. The molecule has 0 aromatic heterocycles. The van der Waals surface area contributed by atoms with Crippen LogP contribution in [0.15, 0.2) is 18.2 Å². The normalized spacial score (nSPS) is 10.4. The van der Waals surface area contributed by atoms with Crippen molar-refractivity contribution in [2.45, 2.75) is 39.9 Å². The quantitative estimate of drug-likeness (QED) is 0.852. The second-order valence-electron chi connectivity index (χ2n) is 3.71. The molecule has 1 N–H and O–H groups in total. The molecular formula is C13H17F3N2. The lowest BCUT2D eigenvalue weighted by atomic mass is 10.1. The van der Waals surface area contributed by atoms with Crippen LogP contribution < -0.4 is 5.32 Å². The van der Waals surface area contributed by atoms with Crippen LogP contribution in [0.4, 0.5) is 18.9 Å². The van der Waals surface area contributed by atoms with E-state index < -0.39 is 11.7 Å². The molecule has 0 saturated heterocycles. The fourth-order valence-electron chi connectivity index (χ4n) is 1.27. The van der Waals surface area contributed by atoms with Crippen molar-refractivity contribution < 1.29 is 13.2 Å². The first-order chi connectivity index (χ1) is 8.32. The smallest absolute Gasteiger partial charge is 0.383 e. The Hall–Kier alpha value is -1.70. The highest BCUT2D eigenvalue weighted by atomic mass is 19.4. The number of nitrogens with zero attached hydrogens (tertiary/aromatic N) is 1. The minimum Gasteiger partial charge on any atom is -0.383 e. The summed E-state index contributed by atoms with van der Waals surface area (Å²) >= 11 is 0. The van der Waals surface area contributed by atoms with Crippen LogP contribution in [-0.2, 0) is 6.18 Å². The Bertz CT molecular complexity index is 417. The highest BCUT2D eigenvalue weighted by Crippen LogP contribution is 2.31. The van der Waals surface area contributed by atoms with E-state index in [0.717, 1.165) is 12.1 Å². The maximum absolute atomic E-state index is 12.5. The molecule has 100 valence electrons. The zero-order chi connectivity index (χ0) is 14.3. The Morgan fingerprint density at radius 3 is 2.11 bits per heavy atom. The molecule has 18 heavy (non-hydrogen) atoms. The lowest BCUT2D eigenvalue weighted by Gasteiger charge is -2.13. The Balaban J connectivity index is 0.00000137. The molecule has 0 saturated carbocycles. The Morgan fingerprint density at radius 1 is 1.17 bits per heavy atom. The summed E-state index contributed by atoms with van der Waals surface area (Å²) in [5.74, 6) is 0. The number of rotatable bonds is 2. The SMILES string of the molecule is CC.CC(C)Nc1cc(C#N)cc(C(F)(F)F)c1. The summed E-state index contributed by atoms with van der Waals surface area (Å²) in [4.78, 5) is 0. The number of benzene rings is 1. The van der Waals surface area contributed by atoms with Crippen molar-refractivity contribution in [3.63, 3.8) is 0 Å². The van der Waals surface area contributed by atoms with Gasteiger partial charge in [0.2, 0.25) is 0 Å². The molecule has 0 aliphatic carbocycles. The molecule has 0 radical (unpaired) electrons. The van der Waals surface area contributed by atoms with Gasteiger partial charge in [-0.15, -0.1) is 0 Å². The first-order valence-electron chi connectivity index (χ1n) is 5.72. The van der Waals surface area contributed by atoms with E-state index in [-0.39, 0.29) is 11.6 Å². The topological polar surface area (TPSA) is 35.8 Å². The molecule has 1 aromatic rings. The van der Waals surface area contributed by atoms with Crippen LogP contribution in [0.1, 0.15) is 38.8 Å². The molecule has 1 aromatic carbocycles. The van der Waals surface area contributed by atoms with Gasteiger partial charge in [-0.3, -0.25) is 0 Å². The number of hydrogen-bond acceptors (Lipinski definition) is 2. The van der Waals surface area contributed by atoms with Gasteiger partial charge in [0.25, 0.3) is 0 Å². The number of alkyl halides is 3. The molecule has 5 heteroatoms. The van der Waals surface area contributed by atoms with Crippen LogP contribution in [0.3, 0.4) is 0 Å². The fraction of sp³-hybridized carbons (Fsp3) is 0.462. The van der Waals surface area contributed by atoms with E-state index in [0.29, 0.717) is 5.69 Å². The molecule has 1 rings (SSSR count). The van der Waals surface area contributed by atoms with Gasteiger partial charge < -0.3 is 5.32 Å². The Labute approximate surface area is 105 Å². The molecular weight excluding hydrogens is 241 g/mol. The lowest BCUT2D eigenvalue weighted by molar-refractivity contribution is -0.137. The molecule has 0 aliphatic heterocycles. The van der Waals surface area contributed by atoms with E-state index >= 15 is 0 Å². The standard InChI is InChI=1S/C11H11F3N2.C2H6/c1-7(2)16-10-4-8(6-15)3-9(5-10)11(12,13)14;1-2/h3-5,7,16H,1-2H3;1-2H3. The zero-order valence-corrected chi connectivity index (χ0v) is 10.9. The molecule has 0 amide bonds. The van der Waals surface area contributed by atoms with Crippen molar-refractivity contribution >= 4 is 5.69 Å². The zero-order valence-electron chi connectivity index (χ0n) is 10.9.